The van der Waals surface area contributed by atoms with Crippen LogP contribution in [0.2, 0.25) is 5.15 Å². The van der Waals surface area contributed by atoms with Gasteiger partial charge in [0.15, 0.2) is 5.15 Å². The predicted octanol–water partition coefficient (Wildman–Crippen LogP) is 1.38. The SMILES string of the molecule is O=c1[nH]c(Cl)c(F)c(=O)n1C1(C(F)(F)F)CC1. The highest BCUT2D eigenvalue weighted by Crippen LogP contribution is 2.54. The molecule has 1 saturated carbocycles. The van der Waals surface area contributed by atoms with Crippen molar-refractivity contribution in [3.05, 3.63) is 31.8 Å². The highest BCUT2D eigenvalue weighted by molar-refractivity contribution is 6.29. The van der Waals surface area contributed by atoms with E-state index in [0.717, 1.165) is 0 Å². The summed E-state index contributed by atoms with van der Waals surface area (Å²) < 4.78 is 51.1. The Balaban J connectivity index is 2.75. The Morgan fingerprint density at radius 1 is 1.29 bits per heavy atom. The maximum Gasteiger partial charge on any atom is 0.412 e. The van der Waals surface area contributed by atoms with Crippen molar-refractivity contribution >= 4 is 11.6 Å². The van der Waals surface area contributed by atoms with Crippen LogP contribution in [0.3, 0.4) is 0 Å². The first kappa shape index (κ1) is 12.2. The first-order chi connectivity index (χ1) is 7.71. The third-order valence-electron chi connectivity index (χ3n) is 2.68. The van der Waals surface area contributed by atoms with Gasteiger partial charge in [-0.3, -0.25) is 9.78 Å². The van der Waals surface area contributed by atoms with Gasteiger partial charge >= 0.3 is 11.9 Å². The Bertz CT molecular complexity index is 585. The Kier molecular flexibility index (Phi) is 2.39. The van der Waals surface area contributed by atoms with Crippen LogP contribution in [0.5, 0.6) is 0 Å². The third-order valence-corrected chi connectivity index (χ3v) is 2.94. The molecule has 0 radical (unpaired) electrons. The minimum atomic E-state index is -4.79. The van der Waals surface area contributed by atoms with Crippen molar-refractivity contribution in [1.82, 2.24) is 9.55 Å². The third kappa shape index (κ3) is 1.58. The van der Waals surface area contributed by atoms with E-state index in [0.29, 0.717) is 0 Å². The molecule has 1 fully saturated rings. The maximum atomic E-state index is 13.1. The number of alkyl halides is 3. The highest BCUT2D eigenvalue weighted by Gasteiger charge is 2.66. The van der Waals surface area contributed by atoms with Crippen LogP contribution >= 0.6 is 11.6 Å². The van der Waals surface area contributed by atoms with Crippen molar-refractivity contribution in [3.63, 3.8) is 0 Å². The van der Waals surface area contributed by atoms with Crippen LogP contribution in [0.15, 0.2) is 9.59 Å². The van der Waals surface area contributed by atoms with E-state index in [1.807, 2.05) is 0 Å². The van der Waals surface area contributed by atoms with E-state index in [9.17, 15) is 27.2 Å². The lowest BCUT2D eigenvalue weighted by Gasteiger charge is -2.20. The normalized spacial score (nSPS) is 18.2. The first-order valence-electron chi connectivity index (χ1n) is 4.48. The number of hydrogen-bond acceptors (Lipinski definition) is 2. The van der Waals surface area contributed by atoms with Crippen LogP contribution in [0.4, 0.5) is 17.6 Å². The van der Waals surface area contributed by atoms with E-state index in [2.05, 4.69) is 0 Å². The van der Waals surface area contributed by atoms with Gasteiger partial charge in [0.1, 0.15) is 5.54 Å². The lowest BCUT2D eigenvalue weighted by molar-refractivity contribution is -0.181. The smallest absolute Gasteiger partial charge is 0.295 e. The average molecular weight is 273 g/mol. The van der Waals surface area contributed by atoms with Gasteiger partial charge < -0.3 is 0 Å². The zero-order chi connectivity index (χ0) is 13.0. The topological polar surface area (TPSA) is 54.9 Å². The monoisotopic (exact) mass is 272 g/mol. The molecule has 4 nitrogen and oxygen atoms in total. The molecule has 2 rings (SSSR count). The molecule has 1 aliphatic rings. The number of nitrogens with one attached hydrogen (secondary N) is 1. The van der Waals surface area contributed by atoms with Crippen LogP contribution in [-0.4, -0.2) is 15.7 Å². The summed E-state index contributed by atoms with van der Waals surface area (Å²) in [6, 6.07) is 0. The molecule has 1 aromatic heterocycles. The second-order valence-electron chi connectivity index (χ2n) is 3.73. The summed E-state index contributed by atoms with van der Waals surface area (Å²) in [5, 5.41) is -0.894. The average Bonchev–Trinajstić information content (AvgIpc) is 2.94. The largest absolute Gasteiger partial charge is 0.412 e. The van der Waals surface area contributed by atoms with Crippen molar-refractivity contribution in [3.8, 4) is 0 Å². The molecule has 94 valence electrons. The van der Waals surface area contributed by atoms with Gasteiger partial charge in [-0.25, -0.2) is 9.36 Å². The van der Waals surface area contributed by atoms with Gasteiger partial charge in [0.05, 0.1) is 0 Å². The standard InChI is InChI=1S/C8H5ClF4N2O2/c9-4-3(10)5(16)15(6(17)14-4)7(1-2-7)8(11,12)13/h1-2H2,(H,14,17). The van der Waals surface area contributed by atoms with Gasteiger partial charge in [-0.1, -0.05) is 11.6 Å². The molecule has 17 heavy (non-hydrogen) atoms. The van der Waals surface area contributed by atoms with Gasteiger partial charge in [0.25, 0.3) is 5.56 Å². The van der Waals surface area contributed by atoms with E-state index in [1.165, 1.54) is 0 Å². The van der Waals surface area contributed by atoms with Crippen LogP contribution in [0.25, 0.3) is 0 Å². The lowest BCUT2D eigenvalue weighted by Crippen LogP contribution is -2.50. The molecule has 1 aromatic rings. The van der Waals surface area contributed by atoms with Crippen LogP contribution in [0, 0.1) is 5.82 Å². The van der Waals surface area contributed by atoms with E-state index in [1.54, 1.807) is 4.98 Å². The number of halogens is 5. The molecule has 0 aliphatic heterocycles. The summed E-state index contributed by atoms with van der Waals surface area (Å²) in [5.74, 6) is -1.60. The Morgan fingerprint density at radius 2 is 1.82 bits per heavy atom. The highest BCUT2D eigenvalue weighted by atomic mass is 35.5. The summed E-state index contributed by atoms with van der Waals surface area (Å²) in [7, 11) is 0. The quantitative estimate of drug-likeness (QED) is 0.620. The summed E-state index contributed by atoms with van der Waals surface area (Å²) in [5.41, 5.74) is -5.62. The molecular weight excluding hydrogens is 268 g/mol. The van der Waals surface area contributed by atoms with Gasteiger partial charge in [0.2, 0.25) is 5.82 Å². The minimum Gasteiger partial charge on any atom is -0.295 e. The van der Waals surface area contributed by atoms with Gasteiger partial charge in [-0.2, -0.15) is 17.6 Å². The van der Waals surface area contributed by atoms with E-state index in [-0.39, 0.29) is 4.57 Å². The molecule has 0 unspecified atom stereocenters. The van der Waals surface area contributed by atoms with E-state index in [4.69, 9.17) is 11.6 Å². The van der Waals surface area contributed by atoms with Crippen molar-refractivity contribution in [1.29, 1.82) is 0 Å². The fourth-order valence-corrected chi connectivity index (χ4v) is 1.79. The number of aromatic nitrogens is 2. The summed E-state index contributed by atoms with van der Waals surface area (Å²) in [4.78, 5) is 24.3. The van der Waals surface area contributed by atoms with Crippen molar-refractivity contribution < 1.29 is 17.6 Å². The first-order valence-corrected chi connectivity index (χ1v) is 4.86. The fraction of sp³-hybridized carbons (Fsp3) is 0.500. The fourth-order valence-electron chi connectivity index (χ4n) is 1.63. The molecule has 0 bridgehead atoms. The number of nitrogens with zero attached hydrogens (tertiary/aromatic N) is 1. The number of aromatic amines is 1. The zero-order valence-corrected chi connectivity index (χ0v) is 8.82. The number of hydrogen-bond donors (Lipinski definition) is 1. The second-order valence-corrected chi connectivity index (χ2v) is 4.11. The molecular formula is C8H5ClF4N2O2. The van der Waals surface area contributed by atoms with Crippen molar-refractivity contribution in [2.45, 2.75) is 24.6 Å². The molecule has 0 spiro atoms. The van der Waals surface area contributed by atoms with Gasteiger partial charge in [0, 0.05) is 0 Å². The van der Waals surface area contributed by atoms with Crippen molar-refractivity contribution in [2.75, 3.05) is 0 Å². The molecule has 0 atom stereocenters. The lowest BCUT2D eigenvalue weighted by atomic mass is 10.2. The van der Waals surface area contributed by atoms with Crippen LogP contribution in [-0.2, 0) is 5.54 Å². The molecule has 9 heteroatoms. The second kappa shape index (κ2) is 3.34. The molecule has 1 heterocycles. The number of rotatable bonds is 1. The maximum absolute atomic E-state index is 13.1. The predicted molar refractivity (Wildman–Crippen MR) is 49.6 cm³/mol. The summed E-state index contributed by atoms with van der Waals surface area (Å²) in [6.45, 7) is 0. The van der Waals surface area contributed by atoms with Gasteiger partial charge in [-0.15, -0.1) is 0 Å². The molecule has 0 amide bonds. The van der Waals surface area contributed by atoms with Crippen LogP contribution in [0.1, 0.15) is 12.8 Å². The van der Waals surface area contributed by atoms with Crippen LogP contribution < -0.4 is 11.2 Å². The Labute approximate surface area is 95.8 Å². The Morgan fingerprint density at radius 3 is 2.24 bits per heavy atom. The van der Waals surface area contributed by atoms with Crippen molar-refractivity contribution in [2.24, 2.45) is 0 Å². The van der Waals surface area contributed by atoms with E-state index >= 15 is 0 Å². The van der Waals surface area contributed by atoms with E-state index < -0.39 is 46.8 Å². The number of H-pyrrole nitrogens is 1. The summed E-state index contributed by atoms with van der Waals surface area (Å²) in [6.07, 6.45) is -5.65. The molecule has 1 aliphatic carbocycles. The molecule has 0 saturated heterocycles. The molecule has 1 N–H and O–H groups in total. The molecule has 0 aromatic carbocycles. The summed E-state index contributed by atoms with van der Waals surface area (Å²) >= 11 is 5.15. The van der Waals surface area contributed by atoms with Gasteiger partial charge in [-0.05, 0) is 12.8 Å². The minimum absolute atomic E-state index is 0.145. The zero-order valence-electron chi connectivity index (χ0n) is 8.07. The Hall–Kier alpha value is -1.31.